The van der Waals surface area contributed by atoms with Crippen LogP contribution < -0.4 is 0 Å². The molecule has 0 aromatic rings. The van der Waals surface area contributed by atoms with Crippen molar-refractivity contribution in [1.29, 1.82) is 0 Å². The second-order valence-electron chi connectivity index (χ2n) is 3.48. The van der Waals surface area contributed by atoms with Crippen molar-refractivity contribution in [3.8, 4) is 0 Å². The monoisotopic (exact) mass is 144 g/mol. The van der Waals surface area contributed by atoms with Gasteiger partial charge in [-0.2, -0.15) is 0 Å². The number of ether oxygens (including phenoxy) is 1. The first-order valence-corrected chi connectivity index (χ1v) is 3.66. The van der Waals surface area contributed by atoms with E-state index in [4.69, 9.17) is 9.84 Å². The Morgan fingerprint density at radius 3 is 2.60 bits per heavy atom. The van der Waals surface area contributed by atoms with Crippen LogP contribution in [-0.4, -0.2) is 35.6 Å². The summed E-state index contributed by atoms with van der Waals surface area (Å²) in [5.41, 5.74) is -0.0932. The second kappa shape index (κ2) is 1.94. The van der Waals surface area contributed by atoms with Crippen LogP contribution in [-0.2, 0) is 4.74 Å². The number of fused-ring (bicyclic) bond motifs is 2. The van der Waals surface area contributed by atoms with E-state index in [0.29, 0.717) is 13.0 Å². The predicted octanol–water partition coefficient (Wildman–Crippen LogP) is -0.481. The zero-order valence-corrected chi connectivity index (χ0v) is 5.79. The van der Waals surface area contributed by atoms with Crippen molar-refractivity contribution >= 4 is 0 Å². The lowest BCUT2D eigenvalue weighted by atomic mass is 9.89. The fourth-order valence-corrected chi connectivity index (χ4v) is 1.97. The van der Waals surface area contributed by atoms with Crippen LogP contribution in [0.1, 0.15) is 12.8 Å². The minimum Gasteiger partial charge on any atom is -0.396 e. The molecule has 0 spiro atoms. The van der Waals surface area contributed by atoms with Gasteiger partial charge in [0.2, 0.25) is 0 Å². The summed E-state index contributed by atoms with van der Waals surface area (Å²) in [5, 5.41) is 18.2. The molecule has 0 radical (unpaired) electrons. The quantitative estimate of drug-likeness (QED) is 0.522. The Kier molecular flexibility index (Phi) is 1.27. The van der Waals surface area contributed by atoms with Crippen molar-refractivity contribution in [2.75, 3.05) is 13.2 Å². The first kappa shape index (κ1) is 6.58. The molecule has 1 heterocycles. The largest absolute Gasteiger partial charge is 0.396 e. The van der Waals surface area contributed by atoms with Gasteiger partial charge >= 0.3 is 0 Å². The third kappa shape index (κ3) is 0.713. The molecule has 2 N–H and O–H groups in total. The highest BCUT2D eigenvalue weighted by molar-refractivity contribution is 4.99. The highest BCUT2D eigenvalue weighted by Crippen LogP contribution is 2.45. The maximum atomic E-state index is 9.28. The van der Waals surface area contributed by atoms with Crippen molar-refractivity contribution in [2.45, 2.75) is 25.0 Å². The average molecular weight is 144 g/mol. The van der Waals surface area contributed by atoms with Gasteiger partial charge in [-0.3, -0.25) is 0 Å². The molecule has 1 aliphatic heterocycles. The fourth-order valence-electron chi connectivity index (χ4n) is 1.97. The Bertz CT molecular complexity index is 144. The Morgan fingerprint density at radius 2 is 2.30 bits per heavy atom. The smallest absolute Gasteiger partial charge is 0.0841 e. The predicted molar refractivity (Wildman–Crippen MR) is 34.5 cm³/mol. The Labute approximate surface area is 59.6 Å². The molecule has 1 unspecified atom stereocenters. The lowest BCUT2D eigenvalue weighted by molar-refractivity contribution is -0.0514. The maximum absolute atomic E-state index is 9.28. The molecule has 0 amide bonds. The van der Waals surface area contributed by atoms with E-state index >= 15 is 0 Å². The minimum atomic E-state index is -0.333. The van der Waals surface area contributed by atoms with Crippen molar-refractivity contribution in [3.05, 3.63) is 0 Å². The van der Waals surface area contributed by atoms with Gasteiger partial charge in [0.05, 0.1) is 25.4 Å². The van der Waals surface area contributed by atoms with Crippen LogP contribution in [0.5, 0.6) is 0 Å². The van der Waals surface area contributed by atoms with E-state index in [1.807, 2.05) is 0 Å². The van der Waals surface area contributed by atoms with Crippen molar-refractivity contribution < 1.29 is 14.9 Å². The molecule has 3 nitrogen and oxygen atoms in total. The molecule has 0 aromatic heterocycles. The molecule has 1 saturated heterocycles. The minimum absolute atomic E-state index is 0.00662. The molecule has 2 bridgehead atoms. The summed E-state index contributed by atoms with van der Waals surface area (Å²) in [6.45, 7) is 0.784. The first-order valence-electron chi connectivity index (χ1n) is 3.66. The molecular formula is C7H12O3. The number of rotatable bonds is 1. The van der Waals surface area contributed by atoms with Gasteiger partial charge in [0, 0.05) is 5.41 Å². The summed E-state index contributed by atoms with van der Waals surface area (Å²) in [7, 11) is 0. The highest BCUT2D eigenvalue weighted by atomic mass is 16.5. The van der Waals surface area contributed by atoms with E-state index in [-0.39, 0.29) is 24.2 Å². The lowest BCUT2D eigenvalue weighted by Gasteiger charge is -2.24. The van der Waals surface area contributed by atoms with Gasteiger partial charge < -0.3 is 14.9 Å². The zero-order chi connectivity index (χ0) is 7.19. The van der Waals surface area contributed by atoms with Crippen molar-refractivity contribution in [1.82, 2.24) is 0 Å². The summed E-state index contributed by atoms with van der Waals surface area (Å²) < 4.78 is 5.25. The number of aliphatic hydroxyl groups excluding tert-OH is 2. The molecule has 10 heavy (non-hydrogen) atoms. The summed E-state index contributed by atoms with van der Waals surface area (Å²) >= 11 is 0. The van der Waals surface area contributed by atoms with Crippen LogP contribution in [0, 0.1) is 5.41 Å². The Hall–Kier alpha value is -0.120. The zero-order valence-electron chi connectivity index (χ0n) is 5.79. The summed E-state index contributed by atoms with van der Waals surface area (Å²) in [6, 6.07) is 0. The van der Waals surface area contributed by atoms with Gasteiger partial charge in [-0.25, -0.2) is 0 Å². The lowest BCUT2D eigenvalue weighted by Crippen LogP contribution is -2.31. The van der Waals surface area contributed by atoms with Gasteiger partial charge in [0.15, 0.2) is 0 Å². The highest BCUT2D eigenvalue weighted by Gasteiger charge is 2.50. The topological polar surface area (TPSA) is 49.7 Å². The van der Waals surface area contributed by atoms with Crippen LogP contribution in [0.25, 0.3) is 0 Å². The molecule has 2 fully saturated rings. The van der Waals surface area contributed by atoms with E-state index in [1.54, 1.807) is 0 Å². The van der Waals surface area contributed by atoms with E-state index < -0.39 is 0 Å². The van der Waals surface area contributed by atoms with Gasteiger partial charge in [-0.05, 0) is 12.8 Å². The van der Waals surface area contributed by atoms with Gasteiger partial charge in [0.1, 0.15) is 0 Å². The molecule has 1 aliphatic carbocycles. The molecule has 2 rings (SSSR count). The third-order valence-electron chi connectivity index (χ3n) is 2.64. The van der Waals surface area contributed by atoms with Crippen LogP contribution >= 0.6 is 0 Å². The first-order chi connectivity index (χ1) is 4.76. The van der Waals surface area contributed by atoms with Crippen LogP contribution in [0.4, 0.5) is 0 Å². The normalized spacial score (nSPS) is 52.2. The molecule has 58 valence electrons. The summed E-state index contributed by atoms with van der Waals surface area (Å²) in [4.78, 5) is 0. The summed E-state index contributed by atoms with van der Waals surface area (Å²) in [6.07, 6.45) is 1.23. The fraction of sp³-hybridized carbons (Fsp3) is 1.00. The molecule has 2 aliphatic rings. The average Bonchev–Trinajstić information content (AvgIpc) is 2.45. The van der Waals surface area contributed by atoms with Gasteiger partial charge in [-0.1, -0.05) is 0 Å². The van der Waals surface area contributed by atoms with E-state index in [0.717, 1.165) is 6.42 Å². The Morgan fingerprint density at radius 1 is 1.50 bits per heavy atom. The van der Waals surface area contributed by atoms with Gasteiger partial charge in [-0.15, -0.1) is 0 Å². The molecular weight excluding hydrogens is 132 g/mol. The summed E-state index contributed by atoms with van der Waals surface area (Å²) in [5.74, 6) is 0. The molecule has 3 atom stereocenters. The Balaban J connectivity index is 2.14. The van der Waals surface area contributed by atoms with Crippen LogP contribution in [0.15, 0.2) is 0 Å². The maximum Gasteiger partial charge on any atom is 0.0841 e. The van der Waals surface area contributed by atoms with E-state index in [9.17, 15) is 5.11 Å². The third-order valence-corrected chi connectivity index (χ3v) is 2.64. The number of aliphatic hydroxyl groups is 2. The van der Waals surface area contributed by atoms with Crippen LogP contribution in [0.3, 0.4) is 0 Å². The van der Waals surface area contributed by atoms with Crippen LogP contribution in [0.2, 0.25) is 0 Å². The van der Waals surface area contributed by atoms with Crippen molar-refractivity contribution in [2.24, 2.45) is 5.41 Å². The molecule has 0 aromatic carbocycles. The standard InChI is InChI=1S/C7H12O3/c8-3-7-1-5(9)6(2-7)10-4-7/h5-6,8-9H,1-4H2/t5-,6?,7-/m0/s1. The van der Waals surface area contributed by atoms with E-state index in [2.05, 4.69) is 0 Å². The van der Waals surface area contributed by atoms with Gasteiger partial charge in [0.25, 0.3) is 0 Å². The van der Waals surface area contributed by atoms with Crippen molar-refractivity contribution in [3.63, 3.8) is 0 Å². The number of hydrogen-bond acceptors (Lipinski definition) is 3. The number of hydrogen-bond donors (Lipinski definition) is 2. The second-order valence-corrected chi connectivity index (χ2v) is 3.48. The molecule has 3 heteroatoms. The van der Waals surface area contributed by atoms with E-state index in [1.165, 1.54) is 0 Å². The SMILES string of the molecule is OC[C@@]12COC(C1)[C@@H](O)C2. The molecule has 1 saturated carbocycles.